The molecule has 0 atom stereocenters. The molecule has 0 bridgehead atoms. The molecule has 22 heavy (non-hydrogen) atoms. The molecule has 2 aromatic heterocycles. The van der Waals surface area contributed by atoms with Crippen molar-refractivity contribution in [3.8, 4) is 6.07 Å². The van der Waals surface area contributed by atoms with Crippen LogP contribution in [0.2, 0.25) is 0 Å². The van der Waals surface area contributed by atoms with E-state index in [2.05, 4.69) is 40.4 Å². The first kappa shape index (κ1) is 14.3. The molecule has 0 spiro atoms. The summed E-state index contributed by atoms with van der Waals surface area (Å²) in [6, 6.07) is 10.4. The predicted molar refractivity (Wildman–Crippen MR) is 85.4 cm³/mol. The number of fused-ring (bicyclic) bond motifs is 1. The molecule has 0 aliphatic rings. The summed E-state index contributed by atoms with van der Waals surface area (Å²) in [6.07, 6.45) is 6.07. The number of nitrogens with zero attached hydrogens (tertiary/aromatic N) is 4. The Morgan fingerprint density at radius 3 is 2.95 bits per heavy atom. The van der Waals surface area contributed by atoms with Gasteiger partial charge in [-0.2, -0.15) is 5.26 Å². The van der Waals surface area contributed by atoms with Crippen LogP contribution < -0.4 is 0 Å². The van der Waals surface area contributed by atoms with Crippen LogP contribution in [0.15, 0.2) is 30.5 Å². The van der Waals surface area contributed by atoms with Crippen molar-refractivity contribution in [1.82, 2.24) is 20.0 Å². The Bertz CT molecular complexity index is 806. The topological polar surface area (TPSA) is 70.3 Å². The molecular formula is C17H19N5. The zero-order chi connectivity index (χ0) is 15.4. The molecule has 0 aliphatic carbocycles. The van der Waals surface area contributed by atoms with Crippen LogP contribution in [0.25, 0.3) is 10.9 Å². The Morgan fingerprint density at radius 1 is 1.27 bits per heavy atom. The van der Waals surface area contributed by atoms with Gasteiger partial charge in [0.1, 0.15) is 6.07 Å². The van der Waals surface area contributed by atoms with Crippen LogP contribution in [0, 0.1) is 11.3 Å². The lowest BCUT2D eigenvalue weighted by Crippen LogP contribution is -2.06. The number of aromatic amines is 1. The fourth-order valence-electron chi connectivity index (χ4n) is 2.74. The molecule has 0 unspecified atom stereocenters. The van der Waals surface area contributed by atoms with Crippen molar-refractivity contribution in [3.63, 3.8) is 0 Å². The van der Waals surface area contributed by atoms with E-state index in [1.54, 1.807) is 0 Å². The minimum absolute atomic E-state index is 0.432. The summed E-state index contributed by atoms with van der Waals surface area (Å²) >= 11 is 0. The standard InChI is InChI=1S/C17H19N5/c1-2-3-6-9-22-17(16(11-18)20-21-22)10-13-12-19-15-8-5-4-7-14(13)15/h4-5,7-8,12,19H,2-3,6,9-10H2,1H3. The highest BCUT2D eigenvalue weighted by Gasteiger charge is 2.15. The Kier molecular flexibility index (Phi) is 4.19. The molecule has 0 fully saturated rings. The molecule has 0 radical (unpaired) electrons. The van der Waals surface area contributed by atoms with Gasteiger partial charge in [0.2, 0.25) is 0 Å². The van der Waals surface area contributed by atoms with E-state index in [-0.39, 0.29) is 0 Å². The molecule has 0 saturated carbocycles. The molecule has 112 valence electrons. The van der Waals surface area contributed by atoms with Crippen molar-refractivity contribution in [3.05, 3.63) is 47.4 Å². The number of nitriles is 1. The number of hydrogen-bond acceptors (Lipinski definition) is 3. The zero-order valence-corrected chi connectivity index (χ0v) is 12.7. The van der Waals surface area contributed by atoms with E-state index in [1.165, 1.54) is 10.9 Å². The fourth-order valence-corrected chi connectivity index (χ4v) is 2.74. The van der Waals surface area contributed by atoms with Gasteiger partial charge in [0.05, 0.1) is 5.69 Å². The Hall–Kier alpha value is -2.61. The number of unbranched alkanes of at least 4 members (excludes halogenated alkanes) is 2. The molecule has 2 heterocycles. The number of nitrogens with one attached hydrogen (secondary N) is 1. The Labute approximate surface area is 129 Å². The van der Waals surface area contributed by atoms with Gasteiger partial charge in [-0.25, -0.2) is 4.68 Å². The molecule has 1 aromatic carbocycles. The van der Waals surface area contributed by atoms with Crippen molar-refractivity contribution in [2.45, 2.75) is 39.2 Å². The highest BCUT2D eigenvalue weighted by Crippen LogP contribution is 2.21. The first-order valence-corrected chi connectivity index (χ1v) is 7.71. The van der Waals surface area contributed by atoms with Gasteiger partial charge >= 0.3 is 0 Å². The second kappa shape index (κ2) is 6.44. The van der Waals surface area contributed by atoms with Gasteiger partial charge in [-0.3, -0.25) is 0 Å². The van der Waals surface area contributed by atoms with Crippen molar-refractivity contribution in [1.29, 1.82) is 5.26 Å². The molecule has 0 amide bonds. The van der Waals surface area contributed by atoms with Gasteiger partial charge in [0.25, 0.3) is 0 Å². The van der Waals surface area contributed by atoms with E-state index >= 15 is 0 Å². The average molecular weight is 293 g/mol. The summed E-state index contributed by atoms with van der Waals surface area (Å²) in [4.78, 5) is 3.28. The first-order valence-electron chi connectivity index (χ1n) is 7.71. The van der Waals surface area contributed by atoms with Gasteiger partial charge < -0.3 is 4.98 Å². The van der Waals surface area contributed by atoms with E-state index < -0.39 is 0 Å². The first-order chi connectivity index (χ1) is 10.8. The van der Waals surface area contributed by atoms with Crippen molar-refractivity contribution < 1.29 is 0 Å². The number of para-hydroxylation sites is 1. The highest BCUT2D eigenvalue weighted by atomic mass is 15.4. The van der Waals surface area contributed by atoms with E-state index in [9.17, 15) is 5.26 Å². The molecule has 5 nitrogen and oxygen atoms in total. The molecule has 3 rings (SSSR count). The zero-order valence-electron chi connectivity index (χ0n) is 12.7. The largest absolute Gasteiger partial charge is 0.361 e. The number of H-pyrrole nitrogens is 1. The van der Waals surface area contributed by atoms with E-state index in [0.29, 0.717) is 12.1 Å². The third-order valence-corrected chi connectivity index (χ3v) is 3.95. The van der Waals surface area contributed by atoms with E-state index in [1.807, 2.05) is 23.0 Å². The number of aromatic nitrogens is 4. The summed E-state index contributed by atoms with van der Waals surface area (Å²) in [5.41, 5.74) is 3.62. The minimum atomic E-state index is 0.432. The summed E-state index contributed by atoms with van der Waals surface area (Å²) in [5, 5.41) is 18.6. The van der Waals surface area contributed by atoms with Gasteiger partial charge in [0, 0.05) is 30.1 Å². The normalized spacial score (nSPS) is 10.9. The monoisotopic (exact) mass is 293 g/mol. The second-order valence-corrected chi connectivity index (χ2v) is 5.46. The Balaban J connectivity index is 1.90. The van der Waals surface area contributed by atoms with E-state index in [0.717, 1.165) is 37.0 Å². The summed E-state index contributed by atoms with van der Waals surface area (Å²) in [6.45, 7) is 3.00. The maximum absolute atomic E-state index is 9.27. The van der Waals surface area contributed by atoms with Crippen LogP contribution in [0.1, 0.15) is 43.1 Å². The lowest BCUT2D eigenvalue weighted by Gasteiger charge is -2.06. The quantitative estimate of drug-likeness (QED) is 0.708. The third-order valence-electron chi connectivity index (χ3n) is 3.95. The number of hydrogen-bond donors (Lipinski definition) is 1. The van der Waals surface area contributed by atoms with E-state index in [4.69, 9.17) is 0 Å². The van der Waals surface area contributed by atoms with Crippen LogP contribution in [0.3, 0.4) is 0 Å². The second-order valence-electron chi connectivity index (χ2n) is 5.46. The molecule has 1 N–H and O–H groups in total. The average Bonchev–Trinajstić information content (AvgIpc) is 3.13. The smallest absolute Gasteiger partial charge is 0.186 e. The molecular weight excluding hydrogens is 274 g/mol. The summed E-state index contributed by atoms with van der Waals surface area (Å²) < 4.78 is 1.88. The number of aryl methyl sites for hydroxylation is 1. The van der Waals surface area contributed by atoms with Gasteiger partial charge in [0.15, 0.2) is 5.69 Å². The molecule has 3 aromatic rings. The van der Waals surface area contributed by atoms with Crippen LogP contribution in [-0.4, -0.2) is 20.0 Å². The molecule has 0 saturated heterocycles. The molecule has 0 aliphatic heterocycles. The molecule has 5 heteroatoms. The number of benzene rings is 1. The fraction of sp³-hybridized carbons (Fsp3) is 0.353. The maximum Gasteiger partial charge on any atom is 0.186 e. The van der Waals surface area contributed by atoms with Gasteiger partial charge in [-0.05, 0) is 18.1 Å². The van der Waals surface area contributed by atoms with Crippen molar-refractivity contribution in [2.75, 3.05) is 0 Å². The van der Waals surface area contributed by atoms with Crippen molar-refractivity contribution in [2.24, 2.45) is 0 Å². The number of rotatable bonds is 6. The Morgan fingerprint density at radius 2 is 2.14 bits per heavy atom. The van der Waals surface area contributed by atoms with Crippen molar-refractivity contribution >= 4 is 10.9 Å². The summed E-state index contributed by atoms with van der Waals surface area (Å²) in [5.74, 6) is 0. The van der Waals surface area contributed by atoms with Gasteiger partial charge in [-0.15, -0.1) is 5.10 Å². The third kappa shape index (κ3) is 2.73. The minimum Gasteiger partial charge on any atom is -0.361 e. The summed E-state index contributed by atoms with van der Waals surface area (Å²) in [7, 11) is 0. The lowest BCUT2D eigenvalue weighted by atomic mass is 10.1. The lowest BCUT2D eigenvalue weighted by molar-refractivity contribution is 0.523. The SMILES string of the molecule is CCCCCn1nnc(C#N)c1Cc1c[nH]c2ccccc12. The van der Waals surface area contributed by atoms with Crippen LogP contribution >= 0.6 is 0 Å². The van der Waals surface area contributed by atoms with Crippen LogP contribution in [0.4, 0.5) is 0 Å². The van der Waals surface area contributed by atoms with Gasteiger partial charge in [-0.1, -0.05) is 43.2 Å². The van der Waals surface area contributed by atoms with Crippen LogP contribution in [0.5, 0.6) is 0 Å². The maximum atomic E-state index is 9.27. The van der Waals surface area contributed by atoms with Crippen LogP contribution in [-0.2, 0) is 13.0 Å². The predicted octanol–water partition coefficient (Wildman–Crippen LogP) is 3.41. The highest BCUT2D eigenvalue weighted by molar-refractivity contribution is 5.83.